The molecule has 0 aliphatic carbocycles. The van der Waals surface area contributed by atoms with Crippen molar-refractivity contribution in [3.63, 3.8) is 0 Å². The molecule has 0 bridgehead atoms. The highest BCUT2D eigenvalue weighted by molar-refractivity contribution is 5.31. The van der Waals surface area contributed by atoms with Crippen molar-refractivity contribution >= 4 is 0 Å². The molecule has 90 valence electrons. The summed E-state index contributed by atoms with van der Waals surface area (Å²) >= 11 is 0. The molecule has 0 spiro atoms. The van der Waals surface area contributed by atoms with Crippen LogP contribution in [0.5, 0.6) is 0 Å². The maximum atomic E-state index is 12.6. The first-order chi connectivity index (χ1) is 7.09. The Morgan fingerprint density at radius 1 is 0.938 bits per heavy atom. The van der Waals surface area contributed by atoms with E-state index in [1.807, 2.05) is 0 Å². The Kier molecular flexibility index (Phi) is 3.16. The second kappa shape index (κ2) is 3.95. The number of hydrogen-bond donors (Lipinski definition) is 0. The summed E-state index contributed by atoms with van der Waals surface area (Å²) in [7, 11) is 0. The van der Waals surface area contributed by atoms with Crippen molar-refractivity contribution in [3.8, 4) is 0 Å². The van der Waals surface area contributed by atoms with E-state index in [0.717, 1.165) is 0 Å². The molecule has 0 heterocycles. The van der Waals surface area contributed by atoms with Crippen molar-refractivity contribution in [2.24, 2.45) is 0 Å². The standard InChI is InChI=1S/C9H5F7/c10-6-1-2-7(9(14,15)16)5(3-6)4-8(11,12)13/h1-3H,4H2. The summed E-state index contributed by atoms with van der Waals surface area (Å²) in [6, 6.07) is 1.02. The van der Waals surface area contributed by atoms with Gasteiger partial charge in [0.1, 0.15) is 5.82 Å². The lowest BCUT2D eigenvalue weighted by Crippen LogP contribution is -2.17. The molecule has 0 saturated carbocycles. The van der Waals surface area contributed by atoms with E-state index in [1.54, 1.807) is 0 Å². The van der Waals surface area contributed by atoms with E-state index in [1.165, 1.54) is 0 Å². The van der Waals surface area contributed by atoms with Gasteiger partial charge < -0.3 is 0 Å². The molecule has 0 aromatic heterocycles. The van der Waals surface area contributed by atoms with Gasteiger partial charge in [0.05, 0.1) is 12.0 Å². The molecule has 0 aliphatic heterocycles. The molecule has 1 aromatic rings. The molecule has 0 aliphatic rings. The lowest BCUT2D eigenvalue weighted by Gasteiger charge is -2.14. The van der Waals surface area contributed by atoms with Gasteiger partial charge in [0, 0.05) is 0 Å². The van der Waals surface area contributed by atoms with Gasteiger partial charge in [-0.15, -0.1) is 0 Å². The van der Waals surface area contributed by atoms with E-state index in [-0.39, 0.29) is 6.07 Å². The number of hydrogen-bond acceptors (Lipinski definition) is 0. The molecule has 16 heavy (non-hydrogen) atoms. The van der Waals surface area contributed by atoms with Crippen molar-refractivity contribution in [1.82, 2.24) is 0 Å². The fourth-order valence-electron chi connectivity index (χ4n) is 1.20. The SMILES string of the molecule is Fc1ccc(C(F)(F)F)c(CC(F)(F)F)c1. The van der Waals surface area contributed by atoms with E-state index in [4.69, 9.17) is 0 Å². The van der Waals surface area contributed by atoms with Crippen molar-refractivity contribution in [2.45, 2.75) is 18.8 Å². The summed E-state index contributed by atoms with van der Waals surface area (Å²) in [6.45, 7) is 0. The quantitative estimate of drug-likeness (QED) is 0.658. The molecule has 7 heteroatoms. The summed E-state index contributed by atoms with van der Waals surface area (Å²) in [4.78, 5) is 0. The Balaban J connectivity index is 3.19. The van der Waals surface area contributed by atoms with Crippen LogP contribution in [0.25, 0.3) is 0 Å². The van der Waals surface area contributed by atoms with Crippen molar-refractivity contribution in [3.05, 3.63) is 35.1 Å². The summed E-state index contributed by atoms with van der Waals surface area (Å²) in [5.74, 6) is -1.13. The number of benzene rings is 1. The molecule has 0 fully saturated rings. The number of halogens is 7. The largest absolute Gasteiger partial charge is 0.416 e. The zero-order chi connectivity index (χ0) is 12.6. The minimum Gasteiger partial charge on any atom is -0.207 e. The van der Waals surface area contributed by atoms with E-state index >= 15 is 0 Å². The number of rotatable bonds is 1. The van der Waals surface area contributed by atoms with E-state index in [9.17, 15) is 30.7 Å². The molecule has 0 saturated heterocycles. The van der Waals surface area contributed by atoms with Crippen LogP contribution in [0.4, 0.5) is 30.7 Å². The fourth-order valence-corrected chi connectivity index (χ4v) is 1.20. The first kappa shape index (κ1) is 12.8. The van der Waals surface area contributed by atoms with Gasteiger partial charge in [-0.05, 0) is 23.8 Å². The average molecular weight is 246 g/mol. The smallest absolute Gasteiger partial charge is 0.207 e. The van der Waals surface area contributed by atoms with Gasteiger partial charge in [-0.25, -0.2) is 4.39 Å². The highest BCUT2D eigenvalue weighted by atomic mass is 19.4. The average Bonchev–Trinajstić information content (AvgIpc) is 1.97. The highest BCUT2D eigenvalue weighted by Crippen LogP contribution is 2.35. The summed E-state index contributed by atoms with van der Waals surface area (Å²) < 4.78 is 85.2. The topological polar surface area (TPSA) is 0 Å². The van der Waals surface area contributed by atoms with E-state index in [0.29, 0.717) is 12.1 Å². The molecule has 0 radical (unpaired) electrons. The lowest BCUT2D eigenvalue weighted by atomic mass is 10.0. The van der Waals surface area contributed by atoms with Crippen LogP contribution in [0.1, 0.15) is 11.1 Å². The van der Waals surface area contributed by atoms with Gasteiger partial charge in [-0.1, -0.05) is 0 Å². The third-order valence-corrected chi connectivity index (χ3v) is 1.76. The molecule has 0 amide bonds. The summed E-state index contributed by atoms with van der Waals surface area (Å²) in [5.41, 5.74) is -2.58. The Bertz CT molecular complexity index is 374. The zero-order valence-corrected chi connectivity index (χ0v) is 7.58. The molecule has 0 N–H and O–H groups in total. The Hall–Kier alpha value is -1.27. The monoisotopic (exact) mass is 246 g/mol. The highest BCUT2D eigenvalue weighted by Gasteiger charge is 2.37. The van der Waals surface area contributed by atoms with Crippen LogP contribution in [0, 0.1) is 5.82 Å². The Labute approximate surface area is 85.7 Å². The van der Waals surface area contributed by atoms with Crippen LogP contribution >= 0.6 is 0 Å². The molecule has 0 nitrogen and oxygen atoms in total. The third kappa shape index (κ3) is 3.39. The van der Waals surface area contributed by atoms with Crippen molar-refractivity contribution < 1.29 is 30.7 Å². The van der Waals surface area contributed by atoms with Crippen LogP contribution in [0.2, 0.25) is 0 Å². The Morgan fingerprint density at radius 2 is 1.50 bits per heavy atom. The van der Waals surface area contributed by atoms with Gasteiger partial charge in [0.25, 0.3) is 0 Å². The predicted molar refractivity (Wildman–Crippen MR) is 41.2 cm³/mol. The van der Waals surface area contributed by atoms with Crippen LogP contribution in [0.15, 0.2) is 18.2 Å². The van der Waals surface area contributed by atoms with Gasteiger partial charge in [-0.3, -0.25) is 0 Å². The fraction of sp³-hybridized carbons (Fsp3) is 0.333. The zero-order valence-electron chi connectivity index (χ0n) is 7.58. The van der Waals surface area contributed by atoms with Crippen molar-refractivity contribution in [1.29, 1.82) is 0 Å². The minimum absolute atomic E-state index is 0.246. The molecule has 0 atom stereocenters. The molecular weight excluding hydrogens is 241 g/mol. The molecule has 1 aromatic carbocycles. The first-order valence-corrected chi connectivity index (χ1v) is 4.02. The van der Waals surface area contributed by atoms with Crippen LogP contribution in [-0.4, -0.2) is 6.18 Å². The van der Waals surface area contributed by atoms with Crippen LogP contribution < -0.4 is 0 Å². The maximum absolute atomic E-state index is 12.6. The third-order valence-electron chi connectivity index (χ3n) is 1.76. The van der Waals surface area contributed by atoms with E-state index in [2.05, 4.69) is 0 Å². The summed E-state index contributed by atoms with van der Waals surface area (Å²) in [5, 5.41) is 0. The summed E-state index contributed by atoms with van der Waals surface area (Å²) in [6.07, 6.45) is -11.5. The Morgan fingerprint density at radius 3 is 1.94 bits per heavy atom. The first-order valence-electron chi connectivity index (χ1n) is 4.02. The second-order valence-corrected chi connectivity index (χ2v) is 3.09. The van der Waals surface area contributed by atoms with E-state index < -0.39 is 35.7 Å². The molecule has 1 rings (SSSR count). The van der Waals surface area contributed by atoms with Gasteiger partial charge in [0.2, 0.25) is 0 Å². The normalized spacial score (nSPS) is 12.9. The van der Waals surface area contributed by atoms with Gasteiger partial charge in [0.15, 0.2) is 0 Å². The van der Waals surface area contributed by atoms with Crippen LogP contribution in [0.3, 0.4) is 0 Å². The van der Waals surface area contributed by atoms with Gasteiger partial charge >= 0.3 is 12.4 Å². The van der Waals surface area contributed by atoms with Crippen LogP contribution in [-0.2, 0) is 12.6 Å². The predicted octanol–water partition coefficient (Wildman–Crippen LogP) is 3.95. The maximum Gasteiger partial charge on any atom is 0.416 e. The number of alkyl halides is 6. The van der Waals surface area contributed by atoms with Crippen molar-refractivity contribution in [2.75, 3.05) is 0 Å². The second-order valence-electron chi connectivity index (χ2n) is 3.09. The minimum atomic E-state index is -4.92. The molecule has 0 unspecified atom stereocenters. The molecular formula is C9H5F7. The lowest BCUT2D eigenvalue weighted by molar-refractivity contribution is -0.143. The van der Waals surface area contributed by atoms with Gasteiger partial charge in [-0.2, -0.15) is 26.3 Å².